The summed E-state index contributed by atoms with van der Waals surface area (Å²) in [6.45, 7) is 6.98. The van der Waals surface area contributed by atoms with Crippen LogP contribution in [0, 0.1) is 0 Å². The van der Waals surface area contributed by atoms with Crippen molar-refractivity contribution in [2.45, 2.75) is 12.8 Å². The van der Waals surface area contributed by atoms with Gasteiger partial charge in [-0.3, -0.25) is 4.40 Å². The minimum Gasteiger partial charge on any atom is -0.475 e. The molecule has 0 saturated carbocycles. The second-order valence-electron chi connectivity index (χ2n) is 10.4. The lowest BCUT2D eigenvalue weighted by atomic mass is 10.2. The number of fused-ring (bicyclic) bond motifs is 2. The molecule has 0 unspecified atom stereocenters. The Balaban J connectivity index is 0.000000480. The van der Waals surface area contributed by atoms with Crippen molar-refractivity contribution in [3.63, 3.8) is 0 Å². The number of aliphatic carboxylic acids is 1. The molecule has 0 atom stereocenters. The summed E-state index contributed by atoms with van der Waals surface area (Å²) >= 11 is 0. The van der Waals surface area contributed by atoms with E-state index in [1.807, 2.05) is 42.9 Å². The van der Waals surface area contributed by atoms with Gasteiger partial charge in [0.15, 0.2) is 11.5 Å². The highest BCUT2D eigenvalue weighted by Crippen LogP contribution is 2.28. The highest BCUT2D eigenvalue weighted by Gasteiger charge is 2.38. The van der Waals surface area contributed by atoms with Crippen LogP contribution in [0.15, 0.2) is 61.2 Å². The number of ether oxygens (including phenoxy) is 2. The lowest BCUT2D eigenvalue weighted by molar-refractivity contribution is -0.192. The third-order valence-electron chi connectivity index (χ3n) is 7.38. The third-order valence-corrected chi connectivity index (χ3v) is 7.38. The highest BCUT2D eigenvalue weighted by molar-refractivity contribution is 5.77. The maximum absolute atomic E-state index is 10.6. The van der Waals surface area contributed by atoms with Crippen molar-refractivity contribution < 1.29 is 32.5 Å². The maximum atomic E-state index is 10.6. The Kier molecular flexibility index (Phi) is 9.07. The minimum atomic E-state index is -5.08. The number of nitrogens with zero attached hydrogens (tertiary/aromatic N) is 8. The molecule has 2 aliphatic heterocycles. The number of hydrogen-bond acceptors (Lipinski definition) is 11. The Morgan fingerprint density at radius 2 is 1.70 bits per heavy atom. The second kappa shape index (κ2) is 13.5. The maximum Gasteiger partial charge on any atom is 0.490 e. The van der Waals surface area contributed by atoms with Gasteiger partial charge in [-0.05, 0) is 18.2 Å². The molecule has 240 valence electrons. The molecule has 0 radical (unpaired) electrons. The van der Waals surface area contributed by atoms with Gasteiger partial charge < -0.3 is 29.7 Å². The number of morpholine rings is 1. The molecule has 46 heavy (non-hydrogen) atoms. The van der Waals surface area contributed by atoms with Crippen LogP contribution in [0.4, 0.5) is 24.8 Å². The Morgan fingerprint density at radius 3 is 2.41 bits per heavy atom. The Morgan fingerprint density at radius 1 is 0.935 bits per heavy atom. The minimum absolute atomic E-state index is 0.238. The first-order valence-corrected chi connectivity index (χ1v) is 14.5. The molecule has 2 saturated heterocycles. The van der Waals surface area contributed by atoms with Gasteiger partial charge in [-0.15, -0.1) is 0 Å². The fraction of sp³-hybridized carbons (Fsp3) is 0.333. The van der Waals surface area contributed by atoms with Crippen LogP contribution in [-0.2, 0) is 16.1 Å². The van der Waals surface area contributed by atoms with Gasteiger partial charge in [0, 0.05) is 68.8 Å². The zero-order valence-corrected chi connectivity index (χ0v) is 24.5. The van der Waals surface area contributed by atoms with Crippen LogP contribution in [0.2, 0.25) is 0 Å². The van der Waals surface area contributed by atoms with E-state index in [0.29, 0.717) is 19.2 Å². The average molecular weight is 638 g/mol. The number of alkyl halides is 3. The van der Waals surface area contributed by atoms with E-state index < -0.39 is 12.1 Å². The van der Waals surface area contributed by atoms with Gasteiger partial charge in [-0.1, -0.05) is 18.2 Å². The normalized spacial score (nSPS) is 15.5. The van der Waals surface area contributed by atoms with E-state index >= 15 is 0 Å². The van der Waals surface area contributed by atoms with Crippen molar-refractivity contribution in [2.75, 3.05) is 62.3 Å². The summed E-state index contributed by atoms with van der Waals surface area (Å²) in [6, 6.07) is 12.4. The smallest absolute Gasteiger partial charge is 0.475 e. The SMILES string of the molecule is O=C(O)C(F)(F)F.c1ccc2nc(OCc3cn4c(-c5ccc(N6CCNCC6)nc5)cnc(N5CCOCC5)c4n3)ncc2c1. The number of anilines is 2. The molecule has 0 amide bonds. The molecular weight excluding hydrogens is 607 g/mol. The molecule has 1 aromatic carbocycles. The summed E-state index contributed by atoms with van der Waals surface area (Å²) in [5, 5.41) is 11.5. The number of rotatable bonds is 6. The van der Waals surface area contributed by atoms with Gasteiger partial charge in [0.05, 0.1) is 36.3 Å². The molecular formula is C30H30F3N9O4. The van der Waals surface area contributed by atoms with Crippen molar-refractivity contribution in [3.8, 4) is 17.3 Å². The number of hydrogen-bond donors (Lipinski definition) is 2. The number of aromatic nitrogens is 6. The van der Waals surface area contributed by atoms with E-state index in [2.05, 4.69) is 41.6 Å². The van der Waals surface area contributed by atoms with E-state index in [4.69, 9.17) is 34.3 Å². The van der Waals surface area contributed by atoms with Crippen molar-refractivity contribution in [3.05, 3.63) is 66.9 Å². The fourth-order valence-corrected chi connectivity index (χ4v) is 5.08. The summed E-state index contributed by atoms with van der Waals surface area (Å²) < 4.78 is 45.4. The third kappa shape index (κ3) is 7.07. The van der Waals surface area contributed by atoms with Gasteiger partial charge in [0.1, 0.15) is 12.4 Å². The Hall–Kier alpha value is -5.09. The summed E-state index contributed by atoms with van der Waals surface area (Å²) in [5.74, 6) is -0.933. The molecule has 5 aromatic rings. The number of carbonyl (C=O) groups is 1. The molecule has 0 aliphatic carbocycles. The van der Waals surface area contributed by atoms with Crippen LogP contribution in [0.1, 0.15) is 5.69 Å². The molecule has 2 aliphatic rings. The summed E-state index contributed by atoms with van der Waals surface area (Å²) in [5.41, 5.74) is 4.28. The van der Waals surface area contributed by atoms with Gasteiger partial charge in [-0.2, -0.15) is 18.2 Å². The van der Waals surface area contributed by atoms with Crippen LogP contribution < -0.4 is 19.9 Å². The van der Waals surface area contributed by atoms with Gasteiger partial charge in [0.25, 0.3) is 0 Å². The average Bonchev–Trinajstić information content (AvgIpc) is 3.52. The first-order chi connectivity index (χ1) is 22.3. The van der Waals surface area contributed by atoms with Gasteiger partial charge in [-0.25, -0.2) is 24.7 Å². The monoisotopic (exact) mass is 637 g/mol. The summed E-state index contributed by atoms with van der Waals surface area (Å²) in [4.78, 5) is 36.9. The van der Waals surface area contributed by atoms with Gasteiger partial charge in [0.2, 0.25) is 0 Å². The molecule has 2 N–H and O–H groups in total. The number of halogens is 3. The van der Waals surface area contributed by atoms with E-state index in [0.717, 1.165) is 84.4 Å². The zero-order valence-electron chi connectivity index (χ0n) is 24.5. The first-order valence-electron chi connectivity index (χ1n) is 14.5. The van der Waals surface area contributed by atoms with Crippen LogP contribution in [0.25, 0.3) is 27.8 Å². The van der Waals surface area contributed by atoms with Crippen LogP contribution in [0.3, 0.4) is 0 Å². The molecule has 16 heteroatoms. The molecule has 0 bridgehead atoms. The lowest BCUT2D eigenvalue weighted by Crippen LogP contribution is -2.43. The van der Waals surface area contributed by atoms with Crippen molar-refractivity contribution >= 4 is 34.2 Å². The Bertz CT molecular complexity index is 1810. The van der Waals surface area contributed by atoms with Crippen LogP contribution in [-0.4, -0.2) is 99.1 Å². The van der Waals surface area contributed by atoms with Gasteiger partial charge >= 0.3 is 18.2 Å². The number of pyridine rings is 1. The number of nitrogens with one attached hydrogen (secondary N) is 1. The molecule has 0 spiro atoms. The van der Waals surface area contributed by atoms with E-state index in [1.165, 1.54) is 0 Å². The largest absolute Gasteiger partial charge is 0.490 e. The van der Waals surface area contributed by atoms with E-state index in [9.17, 15) is 13.2 Å². The highest BCUT2D eigenvalue weighted by atomic mass is 19.4. The Labute approximate surface area is 260 Å². The lowest BCUT2D eigenvalue weighted by Gasteiger charge is -2.28. The number of benzene rings is 1. The fourth-order valence-electron chi connectivity index (χ4n) is 5.08. The number of piperazine rings is 1. The number of carboxylic acids is 1. The molecule has 2 fully saturated rings. The first kappa shape index (κ1) is 30.9. The summed E-state index contributed by atoms with van der Waals surface area (Å²) in [7, 11) is 0. The number of carboxylic acid groups (broad SMARTS) is 1. The summed E-state index contributed by atoms with van der Waals surface area (Å²) in [6.07, 6.45) is 2.51. The van der Waals surface area contributed by atoms with Crippen molar-refractivity contribution in [2.24, 2.45) is 0 Å². The predicted octanol–water partition coefficient (Wildman–Crippen LogP) is 3.19. The molecule has 13 nitrogen and oxygen atoms in total. The van der Waals surface area contributed by atoms with E-state index in [1.54, 1.807) is 6.20 Å². The van der Waals surface area contributed by atoms with Crippen molar-refractivity contribution in [1.82, 2.24) is 34.6 Å². The molecule has 4 aromatic heterocycles. The van der Waals surface area contributed by atoms with Crippen molar-refractivity contribution in [1.29, 1.82) is 0 Å². The molecule has 7 rings (SSSR count). The zero-order chi connectivity index (χ0) is 32.1. The standard InChI is InChI=1S/C28H29N9O2.C2HF3O2/c1-2-4-23-20(3-1)15-32-28(34-23)39-19-22-18-37-24(17-31-26(27(37)33-22)36-11-13-38-14-12-36)21-5-6-25(30-16-21)35-9-7-29-8-10-35;3-2(4,5)1(6)7/h1-6,15-18,29H,7-14,19H2;(H,6,7). The molecule has 6 heterocycles. The number of imidazole rings is 1. The second-order valence-corrected chi connectivity index (χ2v) is 10.4. The quantitative estimate of drug-likeness (QED) is 0.282. The van der Waals surface area contributed by atoms with Crippen LogP contribution in [0.5, 0.6) is 6.01 Å². The topological polar surface area (TPSA) is 143 Å². The number of para-hydroxylation sites is 1. The predicted molar refractivity (Wildman–Crippen MR) is 162 cm³/mol. The van der Waals surface area contributed by atoms with E-state index in [-0.39, 0.29) is 6.61 Å². The van der Waals surface area contributed by atoms with Crippen LogP contribution >= 0.6 is 0 Å².